The molecule has 0 spiro atoms. The van der Waals surface area contributed by atoms with E-state index in [1.807, 2.05) is 11.7 Å². The zero-order valence-corrected chi connectivity index (χ0v) is 10.6. The second-order valence-electron chi connectivity index (χ2n) is 4.40. The molecule has 0 fully saturated rings. The summed E-state index contributed by atoms with van der Waals surface area (Å²) in [7, 11) is 2.13. The van der Waals surface area contributed by atoms with Crippen LogP contribution in [0.15, 0.2) is 11.7 Å². The lowest BCUT2D eigenvalue weighted by Gasteiger charge is -2.20. The van der Waals surface area contributed by atoms with Gasteiger partial charge in [0.25, 0.3) is 0 Å². The molecule has 0 bridgehead atoms. The number of hydrogen-bond donors (Lipinski definition) is 1. The molecule has 2 N–H and O–H groups in total. The first kappa shape index (κ1) is 12.6. The predicted molar refractivity (Wildman–Crippen MR) is 65.9 cm³/mol. The van der Waals surface area contributed by atoms with Crippen molar-refractivity contribution in [2.45, 2.75) is 32.9 Å². The molecule has 1 unspecified atom stereocenters. The molecule has 1 aromatic heterocycles. The van der Waals surface area contributed by atoms with Gasteiger partial charge in [-0.25, -0.2) is 0 Å². The van der Waals surface area contributed by atoms with Crippen LogP contribution in [0.4, 0.5) is 0 Å². The third-order valence-corrected chi connectivity index (χ3v) is 3.37. The lowest BCUT2D eigenvalue weighted by Crippen LogP contribution is -2.31. The predicted octanol–water partition coefficient (Wildman–Crippen LogP) is 1.95. The number of nitrogens with two attached hydrogens (primary N) is 1. The van der Waals surface area contributed by atoms with Gasteiger partial charge >= 0.3 is 0 Å². The van der Waals surface area contributed by atoms with Crippen molar-refractivity contribution in [2.24, 2.45) is 11.7 Å². The van der Waals surface area contributed by atoms with Crippen molar-refractivity contribution in [2.75, 3.05) is 13.6 Å². The largest absolute Gasteiger partial charge is 0.327 e. The van der Waals surface area contributed by atoms with Gasteiger partial charge in [0.1, 0.15) is 0 Å². The molecule has 0 aliphatic carbocycles. The minimum absolute atomic E-state index is 0.314. The summed E-state index contributed by atoms with van der Waals surface area (Å²) in [6.07, 6.45) is 3.00. The third-order valence-electron chi connectivity index (χ3n) is 2.61. The summed E-state index contributed by atoms with van der Waals surface area (Å²) in [5.41, 5.74) is 7.88. The number of thiazole rings is 1. The van der Waals surface area contributed by atoms with Gasteiger partial charge in [0.2, 0.25) is 0 Å². The van der Waals surface area contributed by atoms with Crippen molar-refractivity contribution in [3.63, 3.8) is 0 Å². The summed E-state index contributed by atoms with van der Waals surface area (Å²) in [6, 6.07) is 0.314. The fourth-order valence-electron chi connectivity index (χ4n) is 1.37. The van der Waals surface area contributed by atoms with E-state index < -0.39 is 0 Å². The molecule has 0 aliphatic heterocycles. The summed E-state index contributed by atoms with van der Waals surface area (Å²) < 4.78 is 0. The standard InChI is InChI=1S/C11H21N3S/c1-9(2)11(12)4-5-14(3)7-10-6-13-8-15-10/h6,8-9,11H,4-5,7,12H2,1-3H3. The zero-order valence-electron chi connectivity index (χ0n) is 9.81. The van der Waals surface area contributed by atoms with Crippen LogP contribution in [-0.4, -0.2) is 29.5 Å². The van der Waals surface area contributed by atoms with Crippen LogP contribution in [0.5, 0.6) is 0 Å². The van der Waals surface area contributed by atoms with Gasteiger partial charge in [0, 0.05) is 23.7 Å². The lowest BCUT2D eigenvalue weighted by atomic mass is 10.0. The highest BCUT2D eigenvalue weighted by Crippen LogP contribution is 2.09. The molecule has 0 amide bonds. The van der Waals surface area contributed by atoms with Gasteiger partial charge in [-0.3, -0.25) is 4.98 Å². The molecule has 1 rings (SSSR count). The van der Waals surface area contributed by atoms with E-state index in [1.54, 1.807) is 11.3 Å². The summed E-state index contributed by atoms with van der Waals surface area (Å²) in [6.45, 7) is 6.38. The normalized spacial score (nSPS) is 13.7. The molecular formula is C11H21N3S. The fourth-order valence-corrected chi connectivity index (χ4v) is 2.04. The molecule has 0 saturated carbocycles. The van der Waals surface area contributed by atoms with Crippen LogP contribution in [0.25, 0.3) is 0 Å². The highest BCUT2D eigenvalue weighted by Gasteiger charge is 2.09. The van der Waals surface area contributed by atoms with E-state index in [2.05, 4.69) is 30.8 Å². The molecule has 0 radical (unpaired) electrons. The number of rotatable bonds is 6. The van der Waals surface area contributed by atoms with Crippen molar-refractivity contribution in [1.82, 2.24) is 9.88 Å². The summed E-state index contributed by atoms with van der Waals surface area (Å²) in [5.74, 6) is 0.571. The van der Waals surface area contributed by atoms with Crippen molar-refractivity contribution >= 4 is 11.3 Å². The molecule has 0 aliphatic rings. The van der Waals surface area contributed by atoms with E-state index in [4.69, 9.17) is 5.73 Å². The van der Waals surface area contributed by atoms with Crippen LogP contribution < -0.4 is 5.73 Å². The summed E-state index contributed by atoms with van der Waals surface area (Å²) in [4.78, 5) is 7.68. The van der Waals surface area contributed by atoms with Gasteiger partial charge < -0.3 is 10.6 Å². The van der Waals surface area contributed by atoms with Gasteiger partial charge in [0.05, 0.1) is 5.51 Å². The van der Waals surface area contributed by atoms with Crippen molar-refractivity contribution in [3.05, 3.63) is 16.6 Å². The molecule has 4 heteroatoms. The van der Waals surface area contributed by atoms with Gasteiger partial charge in [-0.15, -0.1) is 11.3 Å². The Bertz CT molecular complexity index is 259. The Hall–Kier alpha value is -0.450. The van der Waals surface area contributed by atoms with E-state index >= 15 is 0 Å². The molecule has 1 aromatic rings. The first-order chi connectivity index (χ1) is 7.09. The molecular weight excluding hydrogens is 206 g/mol. The molecule has 1 heterocycles. The average molecular weight is 227 g/mol. The molecule has 1 atom stereocenters. The number of nitrogens with zero attached hydrogens (tertiary/aromatic N) is 2. The minimum Gasteiger partial charge on any atom is -0.327 e. The van der Waals surface area contributed by atoms with Crippen molar-refractivity contribution in [3.8, 4) is 0 Å². The molecule has 0 aromatic carbocycles. The first-order valence-corrected chi connectivity index (χ1v) is 6.29. The Morgan fingerprint density at radius 3 is 2.80 bits per heavy atom. The monoisotopic (exact) mass is 227 g/mol. The maximum Gasteiger partial charge on any atom is 0.0794 e. The van der Waals surface area contributed by atoms with Crippen LogP contribution in [0.1, 0.15) is 25.1 Å². The Morgan fingerprint density at radius 1 is 1.53 bits per heavy atom. The minimum atomic E-state index is 0.314. The van der Waals surface area contributed by atoms with Crippen LogP contribution in [0.2, 0.25) is 0 Å². The SMILES string of the molecule is CC(C)C(N)CCN(C)Cc1cncs1. The molecule has 3 nitrogen and oxygen atoms in total. The third kappa shape index (κ3) is 4.73. The smallest absolute Gasteiger partial charge is 0.0794 e. The zero-order chi connectivity index (χ0) is 11.3. The molecule has 15 heavy (non-hydrogen) atoms. The summed E-state index contributed by atoms with van der Waals surface area (Å²) >= 11 is 1.71. The van der Waals surface area contributed by atoms with E-state index in [1.165, 1.54) is 4.88 Å². The van der Waals surface area contributed by atoms with E-state index in [0.717, 1.165) is 19.5 Å². The first-order valence-electron chi connectivity index (χ1n) is 5.41. The van der Waals surface area contributed by atoms with Crippen LogP contribution in [-0.2, 0) is 6.54 Å². The Balaban J connectivity index is 2.22. The van der Waals surface area contributed by atoms with E-state index in [0.29, 0.717) is 12.0 Å². The highest BCUT2D eigenvalue weighted by molar-refractivity contribution is 7.09. The topological polar surface area (TPSA) is 42.1 Å². The second kappa shape index (κ2) is 6.20. The van der Waals surface area contributed by atoms with Crippen LogP contribution in [0, 0.1) is 5.92 Å². The number of aromatic nitrogens is 1. The van der Waals surface area contributed by atoms with Crippen LogP contribution in [0.3, 0.4) is 0 Å². The van der Waals surface area contributed by atoms with Gasteiger partial charge in [-0.1, -0.05) is 13.8 Å². The lowest BCUT2D eigenvalue weighted by molar-refractivity contribution is 0.298. The Kier molecular flexibility index (Phi) is 5.22. The number of hydrogen-bond acceptors (Lipinski definition) is 4. The highest BCUT2D eigenvalue weighted by atomic mass is 32.1. The van der Waals surface area contributed by atoms with Crippen molar-refractivity contribution < 1.29 is 0 Å². The average Bonchev–Trinajstić information content (AvgIpc) is 2.66. The fraction of sp³-hybridized carbons (Fsp3) is 0.727. The quantitative estimate of drug-likeness (QED) is 0.807. The maximum absolute atomic E-state index is 6.00. The van der Waals surface area contributed by atoms with Crippen molar-refractivity contribution in [1.29, 1.82) is 0 Å². The Morgan fingerprint density at radius 2 is 2.27 bits per heavy atom. The van der Waals surface area contributed by atoms with Crippen LogP contribution >= 0.6 is 11.3 Å². The maximum atomic E-state index is 6.00. The van der Waals surface area contributed by atoms with Gasteiger partial charge in [0.15, 0.2) is 0 Å². The summed E-state index contributed by atoms with van der Waals surface area (Å²) in [5, 5.41) is 0. The van der Waals surface area contributed by atoms with Gasteiger partial charge in [-0.05, 0) is 25.9 Å². The van der Waals surface area contributed by atoms with Gasteiger partial charge in [-0.2, -0.15) is 0 Å². The second-order valence-corrected chi connectivity index (χ2v) is 5.37. The Labute approximate surface area is 96.3 Å². The van der Waals surface area contributed by atoms with E-state index in [9.17, 15) is 0 Å². The molecule has 86 valence electrons. The molecule has 0 saturated heterocycles. The van der Waals surface area contributed by atoms with E-state index in [-0.39, 0.29) is 0 Å².